The van der Waals surface area contributed by atoms with Crippen LogP contribution in [0.25, 0.3) is 0 Å². The van der Waals surface area contributed by atoms with Crippen molar-refractivity contribution in [3.8, 4) is 0 Å². The molecule has 0 aliphatic rings. The van der Waals surface area contributed by atoms with Crippen molar-refractivity contribution in [1.82, 2.24) is 14.6 Å². The van der Waals surface area contributed by atoms with Gasteiger partial charge < -0.3 is 10.3 Å². The van der Waals surface area contributed by atoms with Crippen LogP contribution >= 0.6 is 0 Å². The van der Waals surface area contributed by atoms with Crippen molar-refractivity contribution >= 4 is 15.9 Å². The van der Waals surface area contributed by atoms with E-state index in [0.29, 0.717) is 25.2 Å². The third-order valence-electron chi connectivity index (χ3n) is 4.40. The summed E-state index contributed by atoms with van der Waals surface area (Å²) in [5.74, 6) is -0.207. The Morgan fingerprint density at radius 3 is 2.23 bits per heavy atom. The van der Waals surface area contributed by atoms with Gasteiger partial charge in [-0.3, -0.25) is 4.79 Å². The first-order chi connectivity index (χ1) is 12.3. The molecule has 0 aliphatic carbocycles. The summed E-state index contributed by atoms with van der Waals surface area (Å²) in [5, 5.41) is 2.87. The highest BCUT2D eigenvalue weighted by molar-refractivity contribution is 7.89. The number of nitrogens with one attached hydrogen (secondary N) is 2. The second-order valence-electron chi connectivity index (χ2n) is 6.22. The van der Waals surface area contributed by atoms with E-state index in [4.69, 9.17) is 0 Å². The molecule has 2 rings (SSSR count). The van der Waals surface area contributed by atoms with Gasteiger partial charge in [-0.05, 0) is 56.2 Å². The first-order valence-corrected chi connectivity index (χ1v) is 10.3. The van der Waals surface area contributed by atoms with E-state index >= 15 is 0 Å². The third kappa shape index (κ3) is 4.53. The number of carbonyl (C=O) groups excluding carboxylic acids is 1. The molecule has 7 heteroatoms. The number of H-pyrrole nitrogens is 1. The van der Waals surface area contributed by atoms with Gasteiger partial charge in [-0.15, -0.1) is 0 Å². The lowest BCUT2D eigenvalue weighted by molar-refractivity contribution is 0.0954. The molecule has 0 bridgehead atoms. The number of sulfonamides is 1. The van der Waals surface area contributed by atoms with Crippen molar-refractivity contribution in [2.24, 2.45) is 0 Å². The molecule has 26 heavy (non-hydrogen) atoms. The Bertz CT molecular complexity index is 851. The van der Waals surface area contributed by atoms with E-state index in [1.807, 2.05) is 13.8 Å². The maximum Gasteiger partial charge on any atom is 0.251 e. The molecule has 0 atom stereocenters. The molecule has 142 valence electrons. The van der Waals surface area contributed by atoms with Gasteiger partial charge in [0.2, 0.25) is 10.0 Å². The summed E-state index contributed by atoms with van der Waals surface area (Å²) in [7, 11) is -3.50. The number of hydrogen-bond donors (Lipinski definition) is 2. The minimum Gasteiger partial charge on any atom is -0.362 e. The quantitative estimate of drug-likeness (QED) is 0.742. The van der Waals surface area contributed by atoms with Crippen LogP contribution in [0.15, 0.2) is 35.2 Å². The van der Waals surface area contributed by atoms with Gasteiger partial charge in [0.1, 0.15) is 0 Å². The lowest BCUT2D eigenvalue weighted by atomic mass is 10.1. The molecule has 2 aromatic rings. The van der Waals surface area contributed by atoms with Crippen LogP contribution in [-0.4, -0.2) is 43.2 Å². The molecule has 1 heterocycles. The molecule has 6 nitrogen and oxygen atoms in total. The standard InChI is InChI=1S/C19H27N3O3S/c1-5-22(6-2)26(24,25)18-9-7-16(8-10-18)19(23)20-12-11-17-13-14(3)21-15(17)4/h7-10,13,21H,5-6,11-12H2,1-4H3,(H,20,23). The first-order valence-electron chi connectivity index (χ1n) is 8.83. The SMILES string of the molecule is CCN(CC)S(=O)(=O)c1ccc(C(=O)NCCc2cc(C)[nH]c2C)cc1. The van der Waals surface area contributed by atoms with Crippen molar-refractivity contribution in [3.05, 3.63) is 52.8 Å². The van der Waals surface area contributed by atoms with Crippen LogP contribution in [0.3, 0.4) is 0 Å². The van der Waals surface area contributed by atoms with Crippen molar-refractivity contribution < 1.29 is 13.2 Å². The summed E-state index contributed by atoms with van der Waals surface area (Å²) >= 11 is 0. The minimum absolute atomic E-state index is 0.205. The number of amides is 1. The maximum atomic E-state index is 12.5. The number of nitrogens with zero attached hydrogens (tertiary/aromatic N) is 1. The molecule has 0 unspecified atom stereocenters. The number of aryl methyl sites for hydroxylation is 2. The molecule has 2 N–H and O–H groups in total. The van der Waals surface area contributed by atoms with Crippen LogP contribution in [0.2, 0.25) is 0 Å². The fraction of sp³-hybridized carbons (Fsp3) is 0.421. The van der Waals surface area contributed by atoms with Crippen LogP contribution < -0.4 is 5.32 Å². The summed E-state index contributed by atoms with van der Waals surface area (Å²) in [6.45, 7) is 8.98. The third-order valence-corrected chi connectivity index (χ3v) is 6.46. The number of rotatable bonds is 8. The molecule has 1 amide bonds. The van der Waals surface area contributed by atoms with E-state index in [2.05, 4.69) is 16.4 Å². The van der Waals surface area contributed by atoms with Gasteiger partial charge in [0, 0.05) is 36.6 Å². The second-order valence-corrected chi connectivity index (χ2v) is 8.16. The average molecular weight is 378 g/mol. The van der Waals surface area contributed by atoms with Gasteiger partial charge in [-0.25, -0.2) is 8.42 Å². The molecule has 1 aromatic heterocycles. The normalized spacial score (nSPS) is 11.7. The molecule has 0 saturated carbocycles. The molecule has 0 fully saturated rings. The fourth-order valence-electron chi connectivity index (χ4n) is 2.95. The maximum absolute atomic E-state index is 12.5. The Labute approximate surface area is 155 Å². The van der Waals surface area contributed by atoms with Crippen molar-refractivity contribution in [2.75, 3.05) is 19.6 Å². The van der Waals surface area contributed by atoms with E-state index in [9.17, 15) is 13.2 Å². The van der Waals surface area contributed by atoms with Crippen molar-refractivity contribution in [2.45, 2.75) is 39.0 Å². The average Bonchev–Trinajstić information content (AvgIpc) is 2.93. The Kier molecular flexibility index (Phi) is 6.61. The molecule has 0 spiro atoms. The summed E-state index contributed by atoms with van der Waals surface area (Å²) < 4.78 is 26.3. The zero-order chi connectivity index (χ0) is 19.3. The Morgan fingerprint density at radius 2 is 1.73 bits per heavy atom. The molecule has 1 aromatic carbocycles. The van der Waals surface area contributed by atoms with Crippen LogP contribution in [0.4, 0.5) is 0 Å². The van der Waals surface area contributed by atoms with Crippen molar-refractivity contribution in [3.63, 3.8) is 0 Å². The summed E-state index contributed by atoms with van der Waals surface area (Å²) in [4.78, 5) is 15.7. The zero-order valence-corrected chi connectivity index (χ0v) is 16.6. The predicted molar refractivity (Wildman–Crippen MR) is 103 cm³/mol. The van der Waals surface area contributed by atoms with Gasteiger partial charge in [0.15, 0.2) is 0 Å². The largest absolute Gasteiger partial charge is 0.362 e. The van der Waals surface area contributed by atoms with Crippen LogP contribution in [0.1, 0.15) is 41.2 Å². The first kappa shape index (κ1) is 20.2. The van der Waals surface area contributed by atoms with Gasteiger partial charge in [-0.1, -0.05) is 13.8 Å². The topological polar surface area (TPSA) is 82.3 Å². The highest BCUT2D eigenvalue weighted by Crippen LogP contribution is 2.16. The highest BCUT2D eigenvalue weighted by Gasteiger charge is 2.21. The predicted octanol–water partition coefficient (Wildman–Crippen LogP) is 2.63. The van der Waals surface area contributed by atoms with Crippen LogP contribution in [0.5, 0.6) is 0 Å². The van der Waals surface area contributed by atoms with Gasteiger partial charge in [0.05, 0.1) is 4.90 Å². The second kappa shape index (κ2) is 8.51. The number of hydrogen-bond acceptors (Lipinski definition) is 3. The smallest absolute Gasteiger partial charge is 0.251 e. The van der Waals surface area contributed by atoms with E-state index in [1.165, 1.54) is 22.0 Å². The summed E-state index contributed by atoms with van der Waals surface area (Å²) in [6.07, 6.45) is 0.746. The van der Waals surface area contributed by atoms with E-state index in [0.717, 1.165) is 17.8 Å². The van der Waals surface area contributed by atoms with Crippen LogP contribution in [0, 0.1) is 13.8 Å². The number of benzene rings is 1. The van der Waals surface area contributed by atoms with Crippen molar-refractivity contribution in [1.29, 1.82) is 0 Å². The number of aromatic amines is 1. The van der Waals surface area contributed by atoms with Gasteiger partial charge in [-0.2, -0.15) is 4.31 Å². The van der Waals surface area contributed by atoms with Crippen LogP contribution in [-0.2, 0) is 16.4 Å². The van der Waals surface area contributed by atoms with E-state index in [-0.39, 0.29) is 10.8 Å². The molecular formula is C19H27N3O3S. The monoisotopic (exact) mass is 377 g/mol. The van der Waals surface area contributed by atoms with Gasteiger partial charge in [0.25, 0.3) is 5.91 Å². The minimum atomic E-state index is -3.50. The Morgan fingerprint density at radius 1 is 1.12 bits per heavy atom. The molecule has 0 aliphatic heterocycles. The van der Waals surface area contributed by atoms with Gasteiger partial charge >= 0.3 is 0 Å². The number of aromatic nitrogens is 1. The fourth-order valence-corrected chi connectivity index (χ4v) is 4.40. The highest BCUT2D eigenvalue weighted by atomic mass is 32.2. The summed E-state index contributed by atoms with van der Waals surface area (Å²) in [6, 6.07) is 8.16. The molecule has 0 radical (unpaired) electrons. The molecular weight excluding hydrogens is 350 g/mol. The number of carbonyl (C=O) groups is 1. The van der Waals surface area contributed by atoms with E-state index in [1.54, 1.807) is 26.0 Å². The Hall–Kier alpha value is -2.12. The molecule has 0 saturated heterocycles. The Balaban J connectivity index is 1.99. The lowest BCUT2D eigenvalue weighted by Gasteiger charge is -2.18. The van der Waals surface area contributed by atoms with E-state index < -0.39 is 10.0 Å². The summed E-state index contributed by atoms with van der Waals surface area (Å²) in [5.41, 5.74) is 3.85. The zero-order valence-electron chi connectivity index (χ0n) is 15.8. The lowest BCUT2D eigenvalue weighted by Crippen LogP contribution is -2.30.